The van der Waals surface area contributed by atoms with Crippen LogP contribution in [0.4, 0.5) is 4.79 Å². The molecule has 17 heteroatoms. The van der Waals surface area contributed by atoms with Crippen molar-refractivity contribution < 1.29 is 33.3 Å². The van der Waals surface area contributed by atoms with Gasteiger partial charge in [-0.25, -0.2) is 32.9 Å². The smallest absolute Gasteiger partial charge is 0.407 e. The molecule has 0 aliphatic carbocycles. The van der Waals surface area contributed by atoms with Crippen LogP contribution in [0.1, 0.15) is 25.7 Å². The Bertz CT molecular complexity index is 1720. The molecule has 0 aliphatic heterocycles. The molecule has 1 heterocycles. The number of nitriles is 2. The van der Waals surface area contributed by atoms with Crippen molar-refractivity contribution >= 4 is 18.0 Å². The molecular weight excluding hydrogens is 666 g/mol. The van der Waals surface area contributed by atoms with Crippen molar-refractivity contribution in [3.05, 3.63) is 92.1 Å². The molecule has 1 aromatic heterocycles. The molecule has 270 valence electrons. The van der Waals surface area contributed by atoms with Gasteiger partial charge in [-0.2, -0.15) is 10.5 Å². The number of carbonyl (C=O) groups excluding carboxylic acids is 3. The van der Waals surface area contributed by atoms with E-state index < -0.39 is 35.0 Å². The number of hydrogen-bond donors (Lipinski definition) is 1. The zero-order valence-corrected chi connectivity index (χ0v) is 27.9. The lowest BCUT2D eigenvalue weighted by Gasteiger charge is -2.16. The van der Waals surface area contributed by atoms with Crippen LogP contribution in [0.3, 0.4) is 0 Å². The minimum atomic E-state index is -0.969. The van der Waals surface area contributed by atoms with E-state index in [0.717, 1.165) is 18.6 Å². The summed E-state index contributed by atoms with van der Waals surface area (Å²) in [5, 5.41) is 20.3. The van der Waals surface area contributed by atoms with E-state index in [1.807, 2.05) is 12.1 Å². The number of carbonyl (C=O) groups is 3. The molecule has 0 saturated heterocycles. The van der Waals surface area contributed by atoms with E-state index in [1.165, 1.54) is 0 Å². The molecule has 0 fully saturated rings. The lowest BCUT2D eigenvalue weighted by molar-refractivity contribution is -0.144. The van der Waals surface area contributed by atoms with Crippen LogP contribution in [0, 0.1) is 22.7 Å². The van der Waals surface area contributed by atoms with Crippen LogP contribution >= 0.6 is 0 Å². The summed E-state index contributed by atoms with van der Waals surface area (Å²) in [5.74, 6) is 0.113. The fourth-order valence-electron chi connectivity index (χ4n) is 4.62. The van der Waals surface area contributed by atoms with Crippen molar-refractivity contribution in [2.24, 2.45) is 0 Å². The molecule has 0 saturated carbocycles. The molecule has 1 N–H and O–H groups in total. The number of nitrogens with zero attached hydrogens (tertiary/aromatic N) is 6. The number of esters is 1. The Hall–Kier alpha value is -6.36. The van der Waals surface area contributed by atoms with Gasteiger partial charge in [0.2, 0.25) is 5.91 Å². The largest absolute Gasteiger partial charge is 0.490 e. The monoisotopic (exact) mass is 705 g/mol. The zero-order valence-electron chi connectivity index (χ0n) is 27.9. The Balaban J connectivity index is 1.62. The van der Waals surface area contributed by atoms with E-state index in [0.29, 0.717) is 11.5 Å². The lowest BCUT2D eigenvalue weighted by atomic mass is 10.2. The summed E-state index contributed by atoms with van der Waals surface area (Å²) in [7, 11) is 0. The van der Waals surface area contributed by atoms with Crippen LogP contribution in [0.25, 0.3) is 0 Å². The molecule has 0 spiro atoms. The van der Waals surface area contributed by atoms with Gasteiger partial charge in [-0.15, -0.1) is 0 Å². The average Bonchev–Trinajstić information content (AvgIpc) is 3.13. The summed E-state index contributed by atoms with van der Waals surface area (Å²) >= 11 is 0. The van der Waals surface area contributed by atoms with Crippen LogP contribution in [-0.4, -0.2) is 82.6 Å². The molecule has 2 amide bonds. The zero-order chi connectivity index (χ0) is 36.8. The number of aromatic nitrogens is 3. The van der Waals surface area contributed by atoms with Gasteiger partial charge in [0.15, 0.2) is 0 Å². The maximum Gasteiger partial charge on any atom is 0.407 e. The van der Waals surface area contributed by atoms with Gasteiger partial charge >= 0.3 is 29.1 Å². The highest BCUT2D eigenvalue weighted by atomic mass is 16.6. The summed E-state index contributed by atoms with van der Waals surface area (Å²) in [6.45, 7) is -1.51. The van der Waals surface area contributed by atoms with Crippen LogP contribution in [0.5, 0.6) is 11.5 Å². The Morgan fingerprint density at radius 1 is 0.647 bits per heavy atom. The van der Waals surface area contributed by atoms with E-state index in [4.69, 9.17) is 29.5 Å². The van der Waals surface area contributed by atoms with Gasteiger partial charge in [-0.3, -0.25) is 9.59 Å². The predicted molar refractivity (Wildman–Crippen MR) is 180 cm³/mol. The van der Waals surface area contributed by atoms with Crippen molar-refractivity contribution in [3.8, 4) is 23.6 Å². The number of nitrogens with one attached hydrogen (secondary N) is 1. The highest BCUT2D eigenvalue weighted by Gasteiger charge is 2.18. The summed E-state index contributed by atoms with van der Waals surface area (Å²) in [4.78, 5) is 78.0. The highest BCUT2D eigenvalue weighted by Crippen LogP contribution is 2.08. The minimum Gasteiger partial charge on any atom is -0.490 e. The summed E-state index contributed by atoms with van der Waals surface area (Å²) in [6, 6.07) is 21.5. The van der Waals surface area contributed by atoms with Gasteiger partial charge in [0, 0.05) is 39.0 Å². The Kier molecular flexibility index (Phi) is 16.5. The van der Waals surface area contributed by atoms with Gasteiger partial charge < -0.3 is 29.2 Å². The Morgan fingerprint density at radius 2 is 1.12 bits per heavy atom. The molecule has 17 nitrogen and oxygen atoms in total. The third-order valence-electron chi connectivity index (χ3n) is 7.09. The standard InChI is InChI=1S/C34H39N7O10/c35-15-20-38(21-16-36)29(42)13-7-18-39-32(45)40(19-8-14-30(43)50-25-23-48-27-9-3-1-4-10-27)34(47)41(33(39)46)22-17-37-31(44)51-26-24-49-28-11-5-2-6-12-28/h1-6,9-12H,7-8,13-14,17-26H2,(H,37,44). The number of benzene rings is 2. The van der Waals surface area contributed by atoms with Crippen molar-refractivity contribution in [1.29, 1.82) is 10.5 Å². The molecule has 0 unspecified atom stereocenters. The lowest BCUT2D eigenvalue weighted by Crippen LogP contribution is -2.55. The van der Waals surface area contributed by atoms with Crippen molar-refractivity contribution in [2.45, 2.75) is 45.3 Å². The first-order valence-corrected chi connectivity index (χ1v) is 16.1. The maximum absolute atomic E-state index is 13.3. The van der Waals surface area contributed by atoms with Crippen molar-refractivity contribution in [1.82, 2.24) is 23.9 Å². The molecule has 0 atom stereocenters. The summed E-state index contributed by atoms with van der Waals surface area (Å²) in [5.41, 5.74) is -2.87. The molecule has 0 radical (unpaired) electrons. The average molecular weight is 706 g/mol. The fraction of sp³-hybridized carbons (Fsp3) is 0.412. The van der Waals surface area contributed by atoms with Crippen molar-refractivity contribution in [2.75, 3.05) is 46.1 Å². The van der Waals surface area contributed by atoms with Gasteiger partial charge in [-0.1, -0.05) is 36.4 Å². The van der Waals surface area contributed by atoms with E-state index in [1.54, 1.807) is 60.7 Å². The third kappa shape index (κ3) is 13.2. The summed E-state index contributed by atoms with van der Waals surface area (Å²) in [6.07, 6.45) is -1.14. The molecule has 3 aromatic rings. The maximum atomic E-state index is 13.3. The van der Waals surface area contributed by atoms with Crippen molar-refractivity contribution in [3.63, 3.8) is 0 Å². The molecule has 51 heavy (non-hydrogen) atoms. The molecule has 0 aliphatic rings. The van der Waals surface area contributed by atoms with Crippen LogP contribution in [0.15, 0.2) is 75.0 Å². The predicted octanol–water partition coefficient (Wildman–Crippen LogP) is 1.04. The van der Waals surface area contributed by atoms with Gasteiger partial charge in [0.05, 0.1) is 12.1 Å². The topological polar surface area (TPSA) is 217 Å². The van der Waals surface area contributed by atoms with Crippen LogP contribution < -0.4 is 31.9 Å². The van der Waals surface area contributed by atoms with Crippen LogP contribution in [0.2, 0.25) is 0 Å². The second-order valence-corrected chi connectivity index (χ2v) is 10.7. The first kappa shape index (κ1) is 39.1. The Morgan fingerprint density at radius 3 is 1.63 bits per heavy atom. The van der Waals surface area contributed by atoms with Gasteiger partial charge in [0.25, 0.3) is 0 Å². The number of hydrogen-bond acceptors (Lipinski definition) is 12. The van der Waals surface area contributed by atoms with E-state index >= 15 is 0 Å². The SMILES string of the molecule is N#CCN(CC#N)C(=O)CCCn1c(=O)n(CCCC(=O)OCCOc2ccccc2)c(=O)n(CCNC(=O)OCCOc2ccccc2)c1=O. The number of ether oxygens (including phenoxy) is 4. The minimum absolute atomic E-state index is 0.0142. The van der Waals surface area contributed by atoms with Gasteiger partial charge in [0.1, 0.15) is 51.0 Å². The van der Waals surface area contributed by atoms with E-state index in [9.17, 15) is 28.8 Å². The number of amides is 2. The van der Waals surface area contributed by atoms with E-state index in [2.05, 4.69) is 5.32 Å². The highest BCUT2D eigenvalue weighted by molar-refractivity contribution is 5.76. The molecule has 3 rings (SSSR count). The fourth-order valence-corrected chi connectivity index (χ4v) is 4.62. The first-order valence-electron chi connectivity index (χ1n) is 16.1. The normalized spacial score (nSPS) is 10.3. The number of rotatable bonds is 21. The van der Waals surface area contributed by atoms with Crippen LogP contribution in [-0.2, 0) is 38.7 Å². The second kappa shape index (κ2) is 21.6. The molecule has 0 bridgehead atoms. The first-order chi connectivity index (χ1) is 24.7. The number of para-hydroxylation sites is 2. The molecule has 2 aromatic carbocycles. The van der Waals surface area contributed by atoms with Gasteiger partial charge in [-0.05, 0) is 37.1 Å². The quantitative estimate of drug-likeness (QED) is 0.0934. The molecular formula is C34H39N7O10. The summed E-state index contributed by atoms with van der Waals surface area (Å²) < 4.78 is 23.5. The second-order valence-electron chi connectivity index (χ2n) is 10.7. The third-order valence-corrected chi connectivity index (χ3v) is 7.09. The number of alkyl carbamates (subject to hydrolysis) is 1. The Labute approximate surface area is 292 Å². The van der Waals surface area contributed by atoms with E-state index in [-0.39, 0.29) is 91.4 Å².